The molecule has 1 aliphatic rings. The minimum Gasteiger partial charge on any atom is -0.505 e. The lowest BCUT2D eigenvalue weighted by Gasteiger charge is -2.17. The van der Waals surface area contributed by atoms with Crippen molar-refractivity contribution in [3.05, 3.63) is 71.7 Å². The van der Waals surface area contributed by atoms with Gasteiger partial charge in [-0.2, -0.15) is 10.2 Å². The van der Waals surface area contributed by atoms with E-state index in [-0.39, 0.29) is 5.56 Å². The van der Waals surface area contributed by atoms with Gasteiger partial charge in [-0.25, -0.2) is 9.59 Å². The summed E-state index contributed by atoms with van der Waals surface area (Å²) in [6, 6.07) is 15.3. The number of esters is 2. The molecule has 0 amide bonds. The highest BCUT2D eigenvalue weighted by Crippen LogP contribution is 2.22. The molecule has 0 aromatic heterocycles. The lowest BCUT2D eigenvalue weighted by Crippen LogP contribution is -2.33. The van der Waals surface area contributed by atoms with Gasteiger partial charge in [0.05, 0.1) is 16.9 Å². The van der Waals surface area contributed by atoms with Gasteiger partial charge in [0.25, 0.3) is 0 Å². The molecule has 9 heteroatoms. The number of aliphatic hydroxyl groups is 3. The van der Waals surface area contributed by atoms with Crippen LogP contribution in [-0.4, -0.2) is 46.1 Å². The van der Waals surface area contributed by atoms with Crippen molar-refractivity contribution in [1.82, 2.24) is 0 Å². The van der Waals surface area contributed by atoms with E-state index in [0.717, 1.165) is 0 Å². The van der Waals surface area contributed by atoms with Crippen LogP contribution in [-0.2, 0) is 14.3 Å². The average Bonchev–Trinajstić information content (AvgIpc) is 2.98. The van der Waals surface area contributed by atoms with E-state index in [4.69, 9.17) is 4.74 Å². The summed E-state index contributed by atoms with van der Waals surface area (Å²) in [7, 11) is 0. The number of carbonyl (C=O) groups excluding carboxylic acids is 2. The van der Waals surface area contributed by atoms with Crippen LogP contribution in [0.1, 0.15) is 10.4 Å². The smallest absolute Gasteiger partial charge is 0.377 e. The van der Waals surface area contributed by atoms with Crippen molar-refractivity contribution in [2.75, 3.05) is 6.61 Å². The van der Waals surface area contributed by atoms with Gasteiger partial charge in [-0.3, -0.25) is 0 Å². The van der Waals surface area contributed by atoms with E-state index in [1.165, 1.54) is 12.1 Å². The van der Waals surface area contributed by atoms with Crippen molar-refractivity contribution in [1.29, 1.82) is 0 Å². The molecule has 0 saturated heterocycles. The van der Waals surface area contributed by atoms with Gasteiger partial charge in [0.2, 0.25) is 5.76 Å². The molecule has 0 fully saturated rings. The molecule has 0 bridgehead atoms. The molecule has 0 spiro atoms. The summed E-state index contributed by atoms with van der Waals surface area (Å²) in [5.74, 6) is -3.67. The van der Waals surface area contributed by atoms with Gasteiger partial charge in [-0.05, 0) is 36.4 Å². The van der Waals surface area contributed by atoms with Crippen LogP contribution in [0.5, 0.6) is 0 Å². The maximum atomic E-state index is 12.0. The summed E-state index contributed by atoms with van der Waals surface area (Å²) in [4.78, 5) is 23.2. The minimum absolute atomic E-state index is 0.205. The summed E-state index contributed by atoms with van der Waals surface area (Å²) >= 11 is 0. The second-order valence-electron chi connectivity index (χ2n) is 5.81. The molecule has 0 radical (unpaired) electrons. The Balaban J connectivity index is 1.55. The first-order valence-corrected chi connectivity index (χ1v) is 8.21. The number of cyclic esters (lactones) is 1. The first-order valence-electron chi connectivity index (χ1n) is 8.21. The van der Waals surface area contributed by atoms with Gasteiger partial charge in [-0.1, -0.05) is 18.2 Å². The zero-order valence-corrected chi connectivity index (χ0v) is 14.4. The zero-order chi connectivity index (χ0) is 20.1. The number of nitrogens with zero attached hydrogens (tertiary/aromatic N) is 2. The fourth-order valence-corrected chi connectivity index (χ4v) is 2.33. The van der Waals surface area contributed by atoms with Gasteiger partial charge in [0.1, 0.15) is 12.7 Å². The number of hydrogen-bond donors (Lipinski definition) is 3. The predicted molar refractivity (Wildman–Crippen MR) is 95.5 cm³/mol. The van der Waals surface area contributed by atoms with Crippen LogP contribution in [0.2, 0.25) is 0 Å². The molecular weight excluding hydrogens is 368 g/mol. The number of azo groups is 1. The van der Waals surface area contributed by atoms with Gasteiger partial charge < -0.3 is 24.8 Å². The molecule has 28 heavy (non-hydrogen) atoms. The zero-order valence-electron chi connectivity index (χ0n) is 14.4. The molecule has 3 N–H and O–H groups in total. The SMILES string of the molecule is O=C1OC([C@H](O)COC(=O)c2ccc(N=Nc3ccccc3)cc2)C(O)=C1O. The number of aliphatic hydroxyl groups excluding tert-OH is 3. The van der Waals surface area contributed by atoms with E-state index in [9.17, 15) is 24.9 Å². The van der Waals surface area contributed by atoms with Crippen LogP contribution in [0.4, 0.5) is 11.4 Å². The van der Waals surface area contributed by atoms with E-state index in [1.807, 2.05) is 18.2 Å². The Morgan fingerprint density at radius 1 is 1.04 bits per heavy atom. The molecule has 144 valence electrons. The molecule has 1 heterocycles. The summed E-state index contributed by atoms with van der Waals surface area (Å²) in [6.45, 7) is -0.552. The molecule has 0 aliphatic carbocycles. The lowest BCUT2D eigenvalue weighted by molar-refractivity contribution is -0.147. The number of carbonyl (C=O) groups is 2. The standard InChI is InChI=1S/C19H16N2O7/c22-14(17-15(23)16(24)19(26)28-17)10-27-18(25)11-6-8-13(9-7-11)21-20-12-4-2-1-3-5-12/h1-9,14,17,22-24H,10H2/t14-,17?/m1/s1. The molecule has 2 atom stereocenters. The van der Waals surface area contributed by atoms with Crippen molar-refractivity contribution in [3.63, 3.8) is 0 Å². The second kappa shape index (κ2) is 8.31. The number of ether oxygens (including phenoxy) is 2. The van der Waals surface area contributed by atoms with Gasteiger partial charge in [0.15, 0.2) is 11.9 Å². The Hall–Kier alpha value is -3.72. The molecule has 0 saturated carbocycles. The van der Waals surface area contributed by atoms with Gasteiger partial charge in [-0.15, -0.1) is 0 Å². The third-order valence-electron chi connectivity index (χ3n) is 3.81. The van der Waals surface area contributed by atoms with E-state index < -0.39 is 42.3 Å². The molecule has 2 aromatic rings. The van der Waals surface area contributed by atoms with Crippen molar-refractivity contribution in [3.8, 4) is 0 Å². The van der Waals surface area contributed by atoms with E-state index in [2.05, 4.69) is 15.0 Å². The van der Waals surface area contributed by atoms with Crippen LogP contribution < -0.4 is 0 Å². The maximum absolute atomic E-state index is 12.0. The third kappa shape index (κ3) is 4.33. The number of hydrogen-bond acceptors (Lipinski definition) is 9. The summed E-state index contributed by atoms with van der Waals surface area (Å²) < 4.78 is 9.53. The highest BCUT2D eigenvalue weighted by Gasteiger charge is 2.39. The van der Waals surface area contributed by atoms with Crippen molar-refractivity contribution in [2.24, 2.45) is 10.2 Å². The van der Waals surface area contributed by atoms with Gasteiger partial charge in [0, 0.05) is 0 Å². The molecule has 1 aliphatic heterocycles. The Bertz CT molecular complexity index is 923. The number of benzene rings is 2. The molecule has 2 aromatic carbocycles. The maximum Gasteiger partial charge on any atom is 0.377 e. The monoisotopic (exact) mass is 384 g/mol. The molecular formula is C19H16N2O7. The fraction of sp³-hybridized carbons (Fsp3) is 0.158. The summed E-state index contributed by atoms with van der Waals surface area (Å²) in [5, 5.41) is 36.7. The molecule has 1 unspecified atom stereocenters. The average molecular weight is 384 g/mol. The quantitative estimate of drug-likeness (QED) is 0.514. The number of rotatable bonds is 6. The van der Waals surface area contributed by atoms with Crippen LogP contribution in [0.25, 0.3) is 0 Å². The molecule has 9 nitrogen and oxygen atoms in total. The van der Waals surface area contributed by atoms with Gasteiger partial charge >= 0.3 is 11.9 Å². The van der Waals surface area contributed by atoms with Crippen molar-refractivity contribution < 1.29 is 34.4 Å². The largest absolute Gasteiger partial charge is 0.505 e. The Labute approximate surface area is 159 Å². The van der Waals surface area contributed by atoms with E-state index in [1.54, 1.807) is 24.3 Å². The highest BCUT2D eigenvalue weighted by molar-refractivity contribution is 5.90. The second-order valence-corrected chi connectivity index (χ2v) is 5.81. The minimum atomic E-state index is -1.53. The highest BCUT2D eigenvalue weighted by atomic mass is 16.6. The van der Waals surface area contributed by atoms with E-state index in [0.29, 0.717) is 11.4 Å². The Kier molecular flexibility index (Phi) is 5.66. The normalized spacial score (nSPS) is 17.6. The summed E-state index contributed by atoms with van der Waals surface area (Å²) in [6.07, 6.45) is -3.02. The molecule has 3 rings (SSSR count). The van der Waals surface area contributed by atoms with Crippen LogP contribution in [0.3, 0.4) is 0 Å². The van der Waals surface area contributed by atoms with Crippen LogP contribution >= 0.6 is 0 Å². The fourth-order valence-electron chi connectivity index (χ4n) is 2.33. The lowest BCUT2D eigenvalue weighted by atomic mass is 10.2. The van der Waals surface area contributed by atoms with Crippen LogP contribution in [0, 0.1) is 0 Å². The van der Waals surface area contributed by atoms with E-state index >= 15 is 0 Å². The Morgan fingerprint density at radius 2 is 1.64 bits per heavy atom. The first kappa shape index (κ1) is 19.1. The van der Waals surface area contributed by atoms with Crippen molar-refractivity contribution in [2.45, 2.75) is 12.2 Å². The third-order valence-corrected chi connectivity index (χ3v) is 3.81. The van der Waals surface area contributed by atoms with Crippen LogP contribution in [0.15, 0.2) is 76.3 Å². The topological polar surface area (TPSA) is 138 Å². The first-order chi connectivity index (χ1) is 13.5. The predicted octanol–water partition coefficient (Wildman–Crippen LogP) is 2.87. The summed E-state index contributed by atoms with van der Waals surface area (Å²) in [5.41, 5.74) is 1.43. The Morgan fingerprint density at radius 3 is 2.21 bits per heavy atom. The van der Waals surface area contributed by atoms with Crippen molar-refractivity contribution >= 4 is 23.3 Å².